The minimum absolute atomic E-state index is 0.0250. The third-order valence-corrected chi connectivity index (χ3v) is 4.02. The summed E-state index contributed by atoms with van der Waals surface area (Å²) in [6.45, 7) is 0. The van der Waals surface area contributed by atoms with Gasteiger partial charge in [-0.1, -0.05) is 37.8 Å². The Hall–Kier alpha value is -1.27. The number of rotatable bonds is 4. The van der Waals surface area contributed by atoms with Crippen LogP contribution >= 0.6 is 0 Å². The molecule has 0 aliphatic heterocycles. The van der Waals surface area contributed by atoms with Crippen molar-refractivity contribution in [1.29, 1.82) is 0 Å². The van der Waals surface area contributed by atoms with Crippen molar-refractivity contribution in [3.05, 3.63) is 29.8 Å². The lowest BCUT2D eigenvalue weighted by molar-refractivity contribution is -0.274. The average molecular weight is 302 g/mol. The van der Waals surface area contributed by atoms with Gasteiger partial charge >= 0.3 is 6.36 Å². The maximum Gasteiger partial charge on any atom is 0.573 e. The van der Waals surface area contributed by atoms with Gasteiger partial charge in [-0.05, 0) is 36.5 Å². The van der Waals surface area contributed by atoms with E-state index in [0.717, 1.165) is 18.4 Å². The minimum atomic E-state index is -4.66. The Bertz CT molecular complexity index is 426. The Labute approximate surface area is 122 Å². The average Bonchev–Trinajstić information content (AvgIpc) is 2.69. The topological polar surface area (TPSA) is 47.3 Å². The van der Waals surface area contributed by atoms with Crippen molar-refractivity contribution in [3.63, 3.8) is 0 Å². The molecule has 6 heteroatoms. The van der Waals surface area contributed by atoms with Crippen LogP contribution in [0.25, 0.3) is 0 Å². The van der Waals surface area contributed by atoms with Gasteiger partial charge in [-0.25, -0.2) is 0 Å². The second kappa shape index (κ2) is 7.13. The smallest absolute Gasteiger partial charge is 0.406 e. The van der Waals surface area contributed by atoms with Gasteiger partial charge in [0.1, 0.15) is 5.75 Å². The quantitative estimate of drug-likeness (QED) is 0.501. The maximum atomic E-state index is 12.1. The SMILES string of the molecule is NNC(c1ccc(OC(F)(F)F)cc1)C1CCCCCC1. The number of nitrogens with one attached hydrogen (secondary N) is 1. The predicted octanol–water partition coefficient (Wildman–Crippen LogP) is 4.06. The molecule has 118 valence electrons. The van der Waals surface area contributed by atoms with Gasteiger partial charge in [-0.2, -0.15) is 0 Å². The molecule has 1 aromatic carbocycles. The van der Waals surface area contributed by atoms with Crippen molar-refractivity contribution in [2.75, 3.05) is 0 Å². The first kappa shape index (κ1) is 16.1. The molecule has 0 radical (unpaired) electrons. The number of hydrogen-bond donors (Lipinski definition) is 2. The summed E-state index contributed by atoms with van der Waals surface area (Å²) in [5.74, 6) is 5.88. The zero-order valence-electron chi connectivity index (χ0n) is 11.8. The van der Waals surface area contributed by atoms with Crippen LogP contribution in [0.2, 0.25) is 0 Å². The molecule has 1 aliphatic carbocycles. The van der Waals surface area contributed by atoms with Crippen LogP contribution < -0.4 is 16.0 Å². The highest BCUT2D eigenvalue weighted by Crippen LogP contribution is 2.34. The molecule has 0 bridgehead atoms. The second-order valence-corrected chi connectivity index (χ2v) is 5.51. The monoisotopic (exact) mass is 302 g/mol. The van der Waals surface area contributed by atoms with Gasteiger partial charge in [0.15, 0.2) is 0 Å². The second-order valence-electron chi connectivity index (χ2n) is 5.51. The van der Waals surface area contributed by atoms with E-state index in [1.165, 1.54) is 37.8 Å². The first-order valence-corrected chi connectivity index (χ1v) is 7.31. The van der Waals surface area contributed by atoms with Gasteiger partial charge in [0.05, 0.1) is 0 Å². The number of ether oxygens (including phenoxy) is 1. The molecule has 1 atom stereocenters. The van der Waals surface area contributed by atoms with Crippen molar-refractivity contribution in [1.82, 2.24) is 5.43 Å². The first-order valence-electron chi connectivity index (χ1n) is 7.31. The first-order chi connectivity index (χ1) is 9.99. The standard InChI is InChI=1S/C15H21F3N2O/c16-15(17,18)21-13-9-7-12(8-10-13)14(20-19)11-5-3-1-2-4-6-11/h7-11,14,20H,1-6,19H2. The summed E-state index contributed by atoms with van der Waals surface area (Å²) in [4.78, 5) is 0. The number of alkyl halides is 3. The molecule has 3 nitrogen and oxygen atoms in total. The number of benzene rings is 1. The van der Waals surface area contributed by atoms with Crippen LogP contribution in [-0.4, -0.2) is 6.36 Å². The summed E-state index contributed by atoms with van der Waals surface area (Å²) in [5, 5.41) is 0. The van der Waals surface area contributed by atoms with Crippen LogP contribution in [0.1, 0.15) is 50.1 Å². The van der Waals surface area contributed by atoms with Gasteiger partial charge in [0.2, 0.25) is 0 Å². The van der Waals surface area contributed by atoms with Crippen molar-refractivity contribution >= 4 is 0 Å². The fourth-order valence-corrected chi connectivity index (χ4v) is 3.03. The van der Waals surface area contributed by atoms with Crippen molar-refractivity contribution in [3.8, 4) is 5.75 Å². The third-order valence-electron chi connectivity index (χ3n) is 4.02. The lowest BCUT2D eigenvalue weighted by atomic mass is 9.87. The molecule has 0 spiro atoms. The molecule has 1 aromatic rings. The summed E-state index contributed by atoms with van der Waals surface area (Å²) < 4.78 is 40.3. The van der Waals surface area contributed by atoms with E-state index >= 15 is 0 Å². The maximum absolute atomic E-state index is 12.1. The van der Waals surface area contributed by atoms with Crippen LogP contribution in [0.4, 0.5) is 13.2 Å². The van der Waals surface area contributed by atoms with Crippen molar-refractivity contribution in [2.24, 2.45) is 11.8 Å². The zero-order valence-corrected chi connectivity index (χ0v) is 11.8. The van der Waals surface area contributed by atoms with Gasteiger partial charge in [-0.3, -0.25) is 11.3 Å². The highest BCUT2D eigenvalue weighted by molar-refractivity contribution is 5.29. The Morgan fingerprint density at radius 1 is 1.05 bits per heavy atom. The Balaban J connectivity index is 2.07. The molecular formula is C15H21F3N2O. The van der Waals surface area contributed by atoms with E-state index in [0.29, 0.717) is 5.92 Å². The van der Waals surface area contributed by atoms with Gasteiger partial charge in [0, 0.05) is 6.04 Å². The van der Waals surface area contributed by atoms with Crippen LogP contribution in [-0.2, 0) is 0 Å². The van der Waals surface area contributed by atoms with Crippen LogP contribution in [0.3, 0.4) is 0 Å². The van der Waals surface area contributed by atoms with Crippen LogP contribution in [0, 0.1) is 5.92 Å². The molecule has 1 aliphatic rings. The Morgan fingerprint density at radius 3 is 2.10 bits per heavy atom. The summed E-state index contributed by atoms with van der Waals surface area (Å²) >= 11 is 0. The van der Waals surface area contributed by atoms with Crippen LogP contribution in [0.5, 0.6) is 5.75 Å². The Morgan fingerprint density at radius 2 is 1.62 bits per heavy atom. The third kappa shape index (κ3) is 4.89. The molecule has 1 fully saturated rings. The Kier molecular flexibility index (Phi) is 5.47. The molecular weight excluding hydrogens is 281 g/mol. The van der Waals surface area contributed by atoms with Gasteiger partial charge in [0.25, 0.3) is 0 Å². The van der Waals surface area contributed by atoms with Crippen molar-refractivity contribution < 1.29 is 17.9 Å². The van der Waals surface area contributed by atoms with E-state index in [1.54, 1.807) is 12.1 Å². The molecule has 0 amide bonds. The fourth-order valence-electron chi connectivity index (χ4n) is 3.03. The molecule has 21 heavy (non-hydrogen) atoms. The van der Waals surface area contributed by atoms with Crippen LogP contribution in [0.15, 0.2) is 24.3 Å². The summed E-state index contributed by atoms with van der Waals surface area (Å²) in [6, 6.07) is 5.95. The molecule has 2 rings (SSSR count). The molecule has 1 saturated carbocycles. The van der Waals surface area contributed by atoms with E-state index in [1.807, 2.05) is 0 Å². The molecule has 3 N–H and O–H groups in total. The normalized spacial score (nSPS) is 19.0. The van der Waals surface area contributed by atoms with E-state index in [4.69, 9.17) is 5.84 Å². The highest BCUT2D eigenvalue weighted by atomic mass is 19.4. The molecule has 1 unspecified atom stereocenters. The van der Waals surface area contributed by atoms with Gasteiger partial charge in [-0.15, -0.1) is 13.2 Å². The summed E-state index contributed by atoms with van der Waals surface area (Å²) in [7, 11) is 0. The lowest BCUT2D eigenvalue weighted by Gasteiger charge is -2.26. The lowest BCUT2D eigenvalue weighted by Crippen LogP contribution is -2.33. The number of nitrogens with two attached hydrogens (primary N) is 1. The van der Waals surface area contributed by atoms with Crippen molar-refractivity contribution in [2.45, 2.75) is 50.9 Å². The molecule has 0 heterocycles. The number of halogens is 3. The number of hydrazine groups is 1. The minimum Gasteiger partial charge on any atom is -0.406 e. The molecule has 0 saturated heterocycles. The summed E-state index contributed by atoms with van der Waals surface area (Å²) in [6.07, 6.45) is 2.37. The predicted molar refractivity (Wildman–Crippen MR) is 74.4 cm³/mol. The summed E-state index contributed by atoms with van der Waals surface area (Å²) in [5.41, 5.74) is 3.72. The highest BCUT2D eigenvalue weighted by Gasteiger charge is 2.31. The number of hydrogen-bond acceptors (Lipinski definition) is 3. The van der Waals surface area contributed by atoms with E-state index < -0.39 is 6.36 Å². The largest absolute Gasteiger partial charge is 0.573 e. The van der Waals surface area contributed by atoms with E-state index in [2.05, 4.69) is 10.2 Å². The van der Waals surface area contributed by atoms with E-state index in [9.17, 15) is 13.2 Å². The fraction of sp³-hybridized carbons (Fsp3) is 0.600. The van der Waals surface area contributed by atoms with Gasteiger partial charge < -0.3 is 4.74 Å². The molecule has 0 aromatic heterocycles. The zero-order chi connectivity index (χ0) is 15.3. The van der Waals surface area contributed by atoms with E-state index in [-0.39, 0.29) is 11.8 Å².